The molecule has 0 unspecified atom stereocenters. The number of likely N-dealkylation sites (tertiary alicyclic amines) is 1. The van der Waals surface area contributed by atoms with Crippen LogP contribution in [0, 0.1) is 0 Å². The maximum Gasteiger partial charge on any atom is 0.194 e. The molecule has 0 amide bonds. The van der Waals surface area contributed by atoms with Gasteiger partial charge in [0, 0.05) is 32.1 Å². The average molecular weight is 289 g/mol. The minimum absolute atomic E-state index is 0.634. The highest BCUT2D eigenvalue weighted by molar-refractivity contribution is 5.80. The van der Waals surface area contributed by atoms with E-state index in [4.69, 9.17) is 9.41 Å². The minimum atomic E-state index is 0.634. The molecule has 2 aliphatic rings. The molecule has 0 atom stereocenters. The van der Waals surface area contributed by atoms with Crippen LogP contribution in [0.15, 0.2) is 27.8 Å². The zero-order chi connectivity index (χ0) is 14.3. The number of nitrogens with one attached hydrogen (secondary N) is 1. The largest absolute Gasteiger partial charge is 0.469 e. The smallest absolute Gasteiger partial charge is 0.194 e. The molecule has 21 heavy (non-hydrogen) atoms. The van der Waals surface area contributed by atoms with Crippen LogP contribution in [-0.2, 0) is 6.42 Å². The van der Waals surface area contributed by atoms with Gasteiger partial charge in [-0.05, 0) is 44.2 Å². The molecule has 1 saturated carbocycles. The predicted molar refractivity (Wildman–Crippen MR) is 85.5 cm³/mol. The molecule has 116 valence electrons. The van der Waals surface area contributed by atoms with Crippen LogP contribution >= 0.6 is 0 Å². The molecule has 1 aliphatic carbocycles. The van der Waals surface area contributed by atoms with E-state index in [1.807, 2.05) is 12.1 Å². The molecule has 1 aliphatic heterocycles. The van der Waals surface area contributed by atoms with Crippen LogP contribution in [0.1, 0.15) is 50.7 Å². The quantitative estimate of drug-likeness (QED) is 0.683. The summed E-state index contributed by atoms with van der Waals surface area (Å²) in [5.41, 5.74) is 0. The number of nitrogens with zero attached hydrogens (tertiary/aromatic N) is 2. The number of rotatable bonds is 4. The van der Waals surface area contributed by atoms with Gasteiger partial charge in [0.2, 0.25) is 0 Å². The third-order valence-corrected chi connectivity index (χ3v) is 4.54. The molecule has 2 heterocycles. The number of hydrogen-bond acceptors (Lipinski definition) is 2. The molecule has 4 nitrogen and oxygen atoms in total. The number of furan rings is 1. The fraction of sp³-hybridized carbons (Fsp3) is 0.706. The van der Waals surface area contributed by atoms with Crippen molar-refractivity contribution in [3.05, 3.63) is 24.2 Å². The summed E-state index contributed by atoms with van der Waals surface area (Å²) >= 11 is 0. The maximum absolute atomic E-state index is 5.39. The van der Waals surface area contributed by atoms with Crippen LogP contribution in [0.3, 0.4) is 0 Å². The molecule has 0 spiro atoms. The summed E-state index contributed by atoms with van der Waals surface area (Å²) in [5.74, 6) is 2.16. The first kappa shape index (κ1) is 14.5. The van der Waals surface area contributed by atoms with Crippen LogP contribution in [0.25, 0.3) is 0 Å². The van der Waals surface area contributed by atoms with Crippen molar-refractivity contribution in [1.82, 2.24) is 10.2 Å². The Morgan fingerprint density at radius 1 is 1.19 bits per heavy atom. The third kappa shape index (κ3) is 4.26. The lowest BCUT2D eigenvalue weighted by molar-refractivity contribution is 0.326. The van der Waals surface area contributed by atoms with Crippen molar-refractivity contribution in [3.63, 3.8) is 0 Å². The predicted octanol–water partition coefficient (Wildman–Crippen LogP) is 3.20. The third-order valence-electron chi connectivity index (χ3n) is 4.54. The molecule has 2 fully saturated rings. The summed E-state index contributed by atoms with van der Waals surface area (Å²) in [6.07, 6.45) is 11.9. The lowest BCUT2D eigenvalue weighted by Gasteiger charge is -2.31. The Morgan fingerprint density at radius 3 is 2.71 bits per heavy atom. The van der Waals surface area contributed by atoms with E-state index in [1.54, 1.807) is 6.26 Å². The zero-order valence-electron chi connectivity index (χ0n) is 12.9. The highest BCUT2D eigenvalue weighted by Gasteiger charge is 2.20. The van der Waals surface area contributed by atoms with Crippen LogP contribution in [0.4, 0.5) is 0 Å². The van der Waals surface area contributed by atoms with Gasteiger partial charge in [-0.1, -0.05) is 12.8 Å². The first-order valence-electron chi connectivity index (χ1n) is 8.50. The fourth-order valence-corrected chi connectivity index (χ4v) is 3.32. The summed E-state index contributed by atoms with van der Waals surface area (Å²) < 4.78 is 5.39. The number of aliphatic imine (C=N–C) groups is 1. The average Bonchev–Trinajstić information content (AvgIpc) is 3.20. The molecule has 1 aromatic rings. The van der Waals surface area contributed by atoms with Crippen LogP contribution < -0.4 is 5.32 Å². The minimum Gasteiger partial charge on any atom is -0.469 e. The van der Waals surface area contributed by atoms with E-state index in [2.05, 4.69) is 10.2 Å². The number of hydrogen-bond donors (Lipinski definition) is 1. The van der Waals surface area contributed by atoms with Gasteiger partial charge < -0.3 is 14.6 Å². The van der Waals surface area contributed by atoms with E-state index in [0.29, 0.717) is 6.04 Å². The topological polar surface area (TPSA) is 40.8 Å². The maximum atomic E-state index is 5.39. The number of piperidine rings is 1. The van der Waals surface area contributed by atoms with E-state index in [9.17, 15) is 0 Å². The van der Waals surface area contributed by atoms with E-state index >= 15 is 0 Å². The van der Waals surface area contributed by atoms with Gasteiger partial charge in [0.15, 0.2) is 5.96 Å². The van der Waals surface area contributed by atoms with Gasteiger partial charge in [0.05, 0.1) is 6.26 Å². The van der Waals surface area contributed by atoms with E-state index in [-0.39, 0.29) is 0 Å². The molecule has 3 rings (SSSR count). The van der Waals surface area contributed by atoms with Crippen LogP contribution in [0.5, 0.6) is 0 Å². The van der Waals surface area contributed by atoms with Gasteiger partial charge in [-0.3, -0.25) is 4.99 Å². The SMILES string of the molecule is c1coc(CCN=C(NC2CCCC2)N2CCCCC2)c1. The first-order chi connectivity index (χ1) is 10.4. The molecule has 1 N–H and O–H groups in total. The fourth-order valence-electron chi connectivity index (χ4n) is 3.32. The lowest BCUT2D eigenvalue weighted by Crippen LogP contribution is -2.47. The van der Waals surface area contributed by atoms with Crippen molar-refractivity contribution >= 4 is 5.96 Å². The molecule has 0 bridgehead atoms. The number of guanidine groups is 1. The Bertz CT molecular complexity index is 429. The second-order valence-electron chi connectivity index (χ2n) is 6.21. The molecular weight excluding hydrogens is 262 g/mol. The van der Waals surface area contributed by atoms with Gasteiger partial charge >= 0.3 is 0 Å². The normalized spacial score (nSPS) is 21.0. The van der Waals surface area contributed by atoms with E-state index in [0.717, 1.165) is 37.8 Å². The standard InChI is InChI=1S/C17H27N3O/c1-4-12-20(13-5-1)17(19-15-7-2-3-8-15)18-11-10-16-9-6-14-21-16/h6,9,14-15H,1-5,7-8,10-13H2,(H,18,19). The molecule has 1 aromatic heterocycles. The summed E-state index contributed by atoms with van der Waals surface area (Å²) in [6, 6.07) is 4.61. The van der Waals surface area contributed by atoms with Crippen LogP contribution in [-0.4, -0.2) is 36.5 Å². The highest BCUT2D eigenvalue weighted by Crippen LogP contribution is 2.18. The van der Waals surface area contributed by atoms with Crippen molar-refractivity contribution in [2.24, 2.45) is 4.99 Å². The van der Waals surface area contributed by atoms with Gasteiger partial charge in [-0.2, -0.15) is 0 Å². The zero-order valence-corrected chi connectivity index (χ0v) is 12.9. The summed E-state index contributed by atoms with van der Waals surface area (Å²) in [7, 11) is 0. The summed E-state index contributed by atoms with van der Waals surface area (Å²) in [6.45, 7) is 3.11. The van der Waals surface area contributed by atoms with E-state index < -0.39 is 0 Å². The Labute approximate surface area is 127 Å². The molecule has 0 radical (unpaired) electrons. The summed E-state index contributed by atoms with van der Waals surface area (Å²) in [4.78, 5) is 7.31. The van der Waals surface area contributed by atoms with Crippen molar-refractivity contribution in [1.29, 1.82) is 0 Å². The second kappa shape index (κ2) is 7.53. The molecular formula is C17H27N3O. The second-order valence-corrected chi connectivity index (χ2v) is 6.21. The summed E-state index contributed by atoms with van der Waals surface area (Å²) in [5, 5.41) is 3.71. The Hall–Kier alpha value is -1.45. The Morgan fingerprint density at radius 2 is 2.00 bits per heavy atom. The van der Waals surface area contributed by atoms with Crippen molar-refractivity contribution in [2.45, 2.75) is 57.4 Å². The Balaban J connectivity index is 1.58. The van der Waals surface area contributed by atoms with Crippen molar-refractivity contribution < 1.29 is 4.42 Å². The van der Waals surface area contributed by atoms with Gasteiger partial charge in [-0.15, -0.1) is 0 Å². The molecule has 0 aromatic carbocycles. The Kier molecular flexibility index (Phi) is 5.19. The van der Waals surface area contributed by atoms with Gasteiger partial charge in [-0.25, -0.2) is 0 Å². The highest BCUT2D eigenvalue weighted by atomic mass is 16.3. The van der Waals surface area contributed by atoms with E-state index in [1.165, 1.54) is 44.9 Å². The van der Waals surface area contributed by atoms with Crippen molar-refractivity contribution in [3.8, 4) is 0 Å². The monoisotopic (exact) mass is 289 g/mol. The molecule has 1 saturated heterocycles. The lowest BCUT2D eigenvalue weighted by atomic mass is 10.1. The van der Waals surface area contributed by atoms with Crippen LogP contribution in [0.2, 0.25) is 0 Å². The first-order valence-corrected chi connectivity index (χ1v) is 8.50. The van der Waals surface area contributed by atoms with Gasteiger partial charge in [0.1, 0.15) is 5.76 Å². The van der Waals surface area contributed by atoms with Crippen molar-refractivity contribution in [2.75, 3.05) is 19.6 Å². The molecule has 4 heteroatoms. The van der Waals surface area contributed by atoms with Gasteiger partial charge in [0.25, 0.3) is 0 Å².